The van der Waals surface area contributed by atoms with E-state index in [1.807, 2.05) is 43.3 Å². The van der Waals surface area contributed by atoms with Gasteiger partial charge < -0.3 is 14.4 Å². The number of hydrogen-bond donors (Lipinski definition) is 0. The lowest BCUT2D eigenvalue weighted by Crippen LogP contribution is -2.28. The van der Waals surface area contributed by atoms with Crippen LogP contribution in [0.15, 0.2) is 54.2 Å². The van der Waals surface area contributed by atoms with Crippen molar-refractivity contribution in [3.8, 4) is 11.5 Å². The third-order valence-corrected chi connectivity index (χ3v) is 5.55. The molecule has 5 heteroatoms. The molecule has 0 fully saturated rings. The minimum atomic E-state index is -0.184. The van der Waals surface area contributed by atoms with Crippen LogP contribution in [-0.4, -0.2) is 38.1 Å². The summed E-state index contributed by atoms with van der Waals surface area (Å²) < 4.78 is 10.8. The monoisotopic (exact) mass is 378 g/mol. The van der Waals surface area contributed by atoms with Crippen LogP contribution in [0.5, 0.6) is 11.5 Å². The van der Waals surface area contributed by atoms with Crippen molar-refractivity contribution >= 4 is 11.5 Å². The zero-order valence-electron chi connectivity index (χ0n) is 16.9. The Balaban J connectivity index is 1.45. The molecule has 0 amide bonds. The molecule has 0 atom stereocenters. The summed E-state index contributed by atoms with van der Waals surface area (Å²) >= 11 is 0. The van der Waals surface area contributed by atoms with Gasteiger partial charge in [-0.15, -0.1) is 0 Å². The van der Waals surface area contributed by atoms with Crippen LogP contribution in [0.1, 0.15) is 25.0 Å². The van der Waals surface area contributed by atoms with Crippen molar-refractivity contribution in [1.82, 2.24) is 4.90 Å². The van der Waals surface area contributed by atoms with E-state index in [-0.39, 0.29) is 18.0 Å². The van der Waals surface area contributed by atoms with E-state index in [1.54, 1.807) is 6.08 Å². The fraction of sp³-hybridized carbons (Fsp3) is 0.348. The van der Waals surface area contributed by atoms with E-state index in [0.717, 1.165) is 22.8 Å². The molecule has 5 nitrogen and oxygen atoms in total. The average molecular weight is 378 g/mol. The highest BCUT2D eigenvalue weighted by molar-refractivity contribution is 5.94. The number of benzene rings is 2. The predicted octanol–water partition coefficient (Wildman–Crippen LogP) is 3.73. The molecular weight excluding hydrogens is 352 g/mol. The van der Waals surface area contributed by atoms with E-state index >= 15 is 0 Å². The fourth-order valence-corrected chi connectivity index (χ4v) is 4.13. The van der Waals surface area contributed by atoms with Crippen molar-refractivity contribution in [2.24, 2.45) is 0 Å². The topological polar surface area (TPSA) is 42.0 Å². The maximum atomic E-state index is 12.8. The molecule has 2 aromatic carbocycles. The molecule has 4 rings (SSSR count). The zero-order valence-corrected chi connectivity index (χ0v) is 16.9. The summed E-state index contributed by atoms with van der Waals surface area (Å²) in [5.41, 5.74) is 4.37. The third kappa shape index (κ3) is 3.27. The highest BCUT2D eigenvalue weighted by Crippen LogP contribution is 2.46. The smallest absolute Gasteiger partial charge is 0.231 e. The molecule has 0 saturated carbocycles. The van der Waals surface area contributed by atoms with Crippen molar-refractivity contribution in [2.75, 3.05) is 32.3 Å². The van der Waals surface area contributed by atoms with Gasteiger partial charge in [-0.05, 0) is 36.4 Å². The van der Waals surface area contributed by atoms with Crippen molar-refractivity contribution in [3.05, 3.63) is 65.4 Å². The Morgan fingerprint density at radius 2 is 1.93 bits per heavy atom. The number of fused-ring (bicyclic) bond motifs is 2. The van der Waals surface area contributed by atoms with Gasteiger partial charge >= 0.3 is 0 Å². The number of carbonyl (C=O) groups excluding carboxylic acids is 1. The Bertz CT molecular complexity index is 949. The number of anilines is 1. The maximum Gasteiger partial charge on any atom is 0.231 e. The lowest BCUT2D eigenvalue weighted by Gasteiger charge is -2.24. The molecule has 0 unspecified atom stereocenters. The number of carbonyl (C=O) groups is 1. The number of hydrogen-bond acceptors (Lipinski definition) is 5. The second kappa shape index (κ2) is 6.99. The summed E-state index contributed by atoms with van der Waals surface area (Å²) in [6.07, 6.45) is 1.80. The summed E-state index contributed by atoms with van der Waals surface area (Å²) in [6.45, 7) is 5.64. The van der Waals surface area contributed by atoms with E-state index in [4.69, 9.17) is 9.47 Å². The molecule has 2 aliphatic heterocycles. The lowest BCUT2D eigenvalue weighted by molar-refractivity contribution is -0.115. The van der Waals surface area contributed by atoms with Crippen molar-refractivity contribution in [1.29, 1.82) is 0 Å². The number of nitrogens with zero attached hydrogens (tertiary/aromatic N) is 2. The molecule has 0 spiro atoms. The summed E-state index contributed by atoms with van der Waals surface area (Å²) in [6, 6.07) is 14.2. The second-order valence-corrected chi connectivity index (χ2v) is 8.06. The standard InChI is InChI=1S/C23H26N2O3/c1-23(2)18-7-5-6-8-19(18)25(4)22(23)12-17(26)14-24(3)13-16-9-10-20-21(11-16)28-15-27-20/h5-12H,13-15H2,1-4H3. The number of ketones is 1. The summed E-state index contributed by atoms with van der Waals surface area (Å²) in [4.78, 5) is 16.9. The molecule has 0 aliphatic carbocycles. The van der Waals surface area contributed by atoms with Crippen LogP contribution in [0.25, 0.3) is 0 Å². The van der Waals surface area contributed by atoms with Crippen molar-refractivity contribution in [3.63, 3.8) is 0 Å². The summed E-state index contributed by atoms with van der Waals surface area (Å²) in [7, 11) is 3.99. The van der Waals surface area contributed by atoms with Gasteiger partial charge in [0.1, 0.15) is 0 Å². The summed E-state index contributed by atoms with van der Waals surface area (Å²) in [5.74, 6) is 1.65. The van der Waals surface area contributed by atoms with Gasteiger partial charge in [0.2, 0.25) is 6.79 Å². The Morgan fingerprint density at radius 1 is 1.18 bits per heavy atom. The molecule has 0 bridgehead atoms. The van der Waals surface area contributed by atoms with Gasteiger partial charge in [0.05, 0.1) is 6.54 Å². The molecule has 0 aromatic heterocycles. The van der Waals surface area contributed by atoms with Crippen LogP contribution in [0.4, 0.5) is 5.69 Å². The van der Waals surface area contributed by atoms with Crippen LogP contribution < -0.4 is 14.4 Å². The quantitative estimate of drug-likeness (QED) is 0.742. The van der Waals surface area contributed by atoms with Crippen molar-refractivity contribution < 1.29 is 14.3 Å². The molecule has 28 heavy (non-hydrogen) atoms. The van der Waals surface area contributed by atoms with E-state index in [9.17, 15) is 4.79 Å². The molecule has 2 heterocycles. The SMILES string of the molecule is CN(CC(=O)C=C1N(C)c2ccccc2C1(C)C)Cc1ccc2c(c1)OCO2. The third-order valence-electron chi connectivity index (χ3n) is 5.55. The van der Waals surface area contributed by atoms with Gasteiger partial charge in [0.25, 0.3) is 0 Å². The van der Waals surface area contributed by atoms with Crippen LogP contribution in [-0.2, 0) is 16.8 Å². The Hall–Kier alpha value is -2.79. The van der Waals surface area contributed by atoms with Crippen LogP contribution in [0.2, 0.25) is 0 Å². The van der Waals surface area contributed by atoms with E-state index < -0.39 is 0 Å². The highest BCUT2D eigenvalue weighted by atomic mass is 16.7. The van der Waals surface area contributed by atoms with Crippen LogP contribution in [0, 0.1) is 0 Å². The molecule has 0 N–H and O–H groups in total. The van der Waals surface area contributed by atoms with Gasteiger partial charge in [-0.1, -0.05) is 38.1 Å². The number of likely N-dealkylation sites (N-methyl/N-ethyl adjacent to an activating group) is 2. The van der Waals surface area contributed by atoms with Crippen molar-refractivity contribution in [2.45, 2.75) is 25.8 Å². The van der Waals surface area contributed by atoms with E-state index in [2.05, 4.69) is 36.9 Å². The van der Waals surface area contributed by atoms with Gasteiger partial charge in [0.15, 0.2) is 17.3 Å². The van der Waals surface area contributed by atoms with Gasteiger partial charge in [-0.25, -0.2) is 0 Å². The first kappa shape index (κ1) is 18.6. The summed E-state index contributed by atoms with van der Waals surface area (Å²) in [5, 5.41) is 0. The Kier molecular flexibility index (Phi) is 4.63. The van der Waals surface area contributed by atoms with Crippen LogP contribution >= 0.6 is 0 Å². The molecule has 0 saturated heterocycles. The van der Waals surface area contributed by atoms with Gasteiger partial charge in [-0.3, -0.25) is 9.69 Å². The largest absolute Gasteiger partial charge is 0.454 e. The zero-order chi connectivity index (χ0) is 19.9. The van der Waals surface area contributed by atoms with E-state index in [1.165, 1.54) is 11.3 Å². The Morgan fingerprint density at radius 3 is 2.71 bits per heavy atom. The first-order chi connectivity index (χ1) is 13.4. The van der Waals surface area contributed by atoms with E-state index in [0.29, 0.717) is 13.1 Å². The molecule has 2 aliphatic rings. The lowest BCUT2D eigenvalue weighted by atomic mass is 9.83. The average Bonchev–Trinajstić information content (AvgIpc) is 3.19. The molecular formula is C23H26N2O3. The number of ether oxygens (including phenoxy) is 2. The predicted molar refractivity (Wildman–Crippen MR) is 110 cm³/mol. The number of para-hydroxylation sites is 1. The second-order valence-electron chi connectivity index (χ2n) is 8.06. The molecule has 2 aromatic rings. The number of allylic oxidation sites excluding steroid dienone is 1. The highest BCUT2D eigenvalue weighted by Gasteiger charge is 2.38. The minimum absolute atomic E-state index is 0.103. The molecule has 0 radical (unpaired) electrons. The first-order valence-electron chi connectivity index (χ1n) is 9.51. The fourth-order valence-electron chi connectivity index (χ4n) is 4.13. The van der Waals surface area contributed by atoms with Crippen LogP contribution in [0.3, 0.4) is 0 Å². The van der Waals surface area contributed by atoms with Gasteiger partial charge in [0, 0.05) is 36.5 Å². The minimum Gasteiger partial charge on any atom is -0.454 e. The molecule has 146 valence electrons. The normalized spacial score (nSPS) is 18.0. The number of rotatable bonds is 5. The Labute approximate surface area is 166 Å². The maximum absolute atomic E-state index is 12.8. The first-order valence-corrected chi connectivity index (χ1v) is 9.51. The van der Waals surface area contributed by atoms with Gasteiger partial charge in [-0.2, -0.15) is 0 Å².